The first-order chi connectivity index (χ1) is 12.0. The number of aromatic nitrogens is 2. The van der Waals surface area contributed by atoms with E-state index in [9.17, 15) is 9.59 Å². The van der Waals surface area contributed by atoms with Crippen molar-refractivity contribution in [2.75, 3.05) is 5.32 Å². The lowest BCUT2D eigenvalue weighted by Crippen LogP contribution is -2.31. The third kappa shape index (κ3) is 6.43. The number of rotatable bonds is 8. The molecule has 1 aromatic heterocycles. The largest absolute Gasteiger partial charge is 0.354 e. The molecule has 6 nitrogen and oxygen atoms in total. The summed E-state index contributed by atoms with van der Waals surface area (Å²) in [6, 6.07) is 7.10. The number of benzene rings is 1. The minimum atomic E-state index is -0.319. The van der Waals surface area contributed by atoms with Crippen molar-refractivity contribution in [1.29, 1.82) is 0 Å². The standard InChI is InChI=1S/C17H21ClN4O2S/c1-3-11(2)19-14(23)8-5-9-15-21-22-17(25-15)16(24)20-13-7-4-6-12(18)10-13/h4,6-7,10-11H,3,5,8-9H2,1-2H3,(H,19,23)(H,20,24)/t11-/m1/s1. The van der Waals surface area contributed by atoms with Gasteiger partial charge in [-0.15, -0.1) is 10.2 Å². The third-order valence-corrected chi connectivity index (χ3v) is 4.77. The molecule has 0 aliphatic rings. The van der Waals surface area contributed by atoms with Crippen molar-refractivity contribution >= 4 is 40.4 Å². The summed E-state index contributed by atoms with van der Waals surface area (Å²) in [4.78, 5) is 23.9. The second kappa shape index (κ2) is 9.48. The molecule has 0 bridgehead atoms. The van der Waals surface area contributed by atoms with Crippen LogP contribution in [0.4, 0.5) is 5.69 Å². The molecular weight excluding hydrogens is 360 g/mol. The Balaban J connectivity index is 1.81. The molecule has 2 aromatic rings. The van der Waals surface area contributed by atoms with Crippen molar-refractivity contribution < 1.29 is 9.59 Å². The van der Waals surface area contributed by atoms with Gasteiger partial charge in [0.1, 0.15) is 5.01 Å². The zero-order valence-corrected chi connectivity index (χ0v) is 15.8. The fourth-order valence-electron chi connectivity index (χ4n) is 2.05. The van der Waals surface area contributed by atoms with E-state index >= 15 is 0 Å². The van der Waals surface area contributed by atoms with Crippen molar-refractivity contribution in [2.45, 2.75) is 45.6 Å². The lowest BCUT2D eigenvalue weighted by atomic mass is 10.2. The maximum Gasteiger partial charge on any atom is 0.286 e. The van der Waals surface area contributed by atoms with Crippen molar-refractivity contribution in [3.05, 3.63) is 39.3 Å². The summed E-state index contributed by atoms with van der Waals surface area (Å²) in [5.74, 6) is -0.279. The number of nitrogens with one attached hydrogen (secondary N) is 2. The van der Waals surface area contributed by atoms with E-state index in [1.807, 2.05) is 13.8 Å². The predicted octanol–water partition coefficient (Wildman–Crippen LogP) is 3.68. The van der Waals surface area contributed by atoms with Crippen LogP contribution in [0.3, 0.4) is 0 Å². The van der Waals surface area contributed by atoms with Crippen LogP contribution in [0.25, 0.3) is 0 Å². The van der Waals surface area contributed by atoms with Gasteiger partial charge in [0.15, 0.2) is 0 Å². The molecule has 2 N–H and O–H groups in total. The summed E-state index contributed by atoms with van der Waals surface area (Å²) in [6.45, 7) is 4.01. The monoisotopic (exact) mass is 380 g/mol. The molecule has 2 amide bonds. The summed E-state index contributed by atoms with van der Waals surface area (Å²) in [5, 5.41) is 15.2. The zero-order chi connectivity index (χ0) is 18.2. The number of carbonyl (C=O) groups excluding carboxylic acids is 2. The Labute approximate surface area is 156 Å². The molecule has 0 radical (unpaired) electrons. The highest BCUT2D eigenvalue weighted by Gasteiger charge is 2.14. The average molecular weight is 381 g/mol. The number of hydrogen-bond donors (Lipinski definition) is 2. The van der Waals surface area contributed by atoms with E-state index in [4.69, 9.17) is 11.6 Å². The van der Waals surface area contributed by atoms with Gasteiger partial charge in [-0.25, -0.2) is 0 Å². The lowest BCUT2D eigenvalue weighted by Gasteiger charge is -2.10. The van der Waals surface area contributed by atoms with E-state index in [0.717, 1.165) is 11.4 Å². The van der Waals surface area contributed by atoms with E-state index in [2.05, 4.69) is 20.8 Å². The molecule has 1 atom stereocenters. The molecule has 0 spiro atoms. The number of hydrogen-bond acceptors (Lipinski definition) is 5. The first-order valence-corrected chi connectivity index (χ1v) is 9.36. The molecule has 25 heavy (non-hydrogen) atoms. The van der Waals surface area contributed by atoms with E-state index in [0.29, 0.717) is 35.0 Å². The number of amides is 2. The SMILES string of the molecule is CC[C@@H](C)NC(=O)CCCc1nnc(C(=O)Nc2cccc(Cl)c2)s1. The normalized spacial score (nSPS) is 11.8. The van der Waals surface area contributed by atoms with Crippen LogP contribution in [0.15, 0.2) is 24.3 Å². The predicted molar refractivity (Wildman–Crippen MR) is 100 cm³/mol. The number of anilines is 1. The van der Waals surface area contributed by atoms with Crippen molar-refractivity contribution in [2.24, 2.45) is 0 Å². The average Bonchev–Trinajstić information content (AvgIpc) is 3.03. The van der Waals surface area contributed by atoms with E-state index < -0.39 is 0 Å². The van der Waals surface area contributed by atoms with Gasteiger partial charge in [-0.1, -0.05) is 35.9 Å². The van der Waals surface area contributed by atoms with Gasteiger partial charge in [0.25, 0.3) is 5.91 Å². The Morgan fingerprint density at radius 1 is 1.32 bits per heavy atom. The van der Waals surface area contributed by atoms with Gasteiger partial charge in [0, 0.05) is 29.6 Å². The lowest BCUT2D eigenvalue weighted by molar-refractivity contribution is -0.121. The van der Waals surface area contributed by atoms with Crippen molar-refractivity contribution in [1.82, 2.24) is 15.5 Å². The summed E-state index contributed by atoms with van der Waals surface area (Å²) in [5.41, 5.74) is 0.607. The van der Waals surface area contributed by atoms with Gasteiger partial charge in [0.2, 0.25) is 10.9 Å². The Bertz CT molecular complexity index is 735. The zero-order valence-electron chi connectivity index (χ0n) is 14.2. The fourth-order valence-corrected chi connectivity index (χ4v) is 3.01. The van der Waals surface area contributed by atoms with Crippen LogP contribution < -0.4 is 10.6 Å². The quantitative estimate of drug-likeness (QED) is 0.731. The summed E-state index contributed by atoms with van der Waals surface area (Å²) >= 11 is 7.13. The Kier molecular flexibility index (Phi) is 7.33. The number of nitrogens with zero attached hydrogens (tertiary/aromatic N) is 2. The van der Waals surface area contributed by atoms with Crippen LogP contribution in [0, 0.1) is 0 Å². The van der Waals surface area contributed by atoms with Crippen LogP contribution in [0.1, 0.15) is 47.9 Å². The highest BCUT2D eigenvalue weighted by Crippen LogP contribution is 2.18. The first kappa shape index (κ1) is 19.3. The van der Waals surface area contributed by atoms with Gasteiger partial charge in [-0.2, -0.15) is 0 Å². The Hall–Kier alpha value is -1.99. The minimum absolute atomic E-state index is 0.0396. The molecule has 1 heterocycles. The first-order valence-electron chi connectivity index (χ1n) is 8.16. The van der Waals surface area contributed by atoms with E-state index in [1.54, 1.807) is 24.3 Å². The van der Waals surface area contributed by atoms with Crippen LogP contribution in [0.5, 0.6) is 0 Å². The summed E-state index contributed by atoms with van der Waals surface area (Å²) in [7, 11) is 0. The highest BCUT2D eigenvalue weighted by atomic mass is 35.5. The second-order valence-corrected chi connectivity index (χ2v) is 7.19. The Morgan fingerprint density at radius 2 is 2.12 bits per heavy atom. The summed E-state index contributed by atoms with van der Waals surface area (Å²) < 4.78 is 0. The van der Waals surface area contributed by atoms with Crippen molar-refractivity contribution in [3.63, 3.8) is 0 Å². The molecule has 0 saturated carbocycles. The molecule has 2 rings (SSSR count). The maximum atomic E-state index is 12.2. The molecule has 0 aliphatic heterocycles. The third-order valence-electron chi connectivity index (χ3n) is 3.56. The highest BCUT2D eigenvalue weighted by molar-refractivity contribution is 7.13. The van der Waals surface area contributed by atoms with E-state index in [1.165, 1.54) is 11.3 Å². The smallest absolute Gasteiger partial charge is 0.286 e. The molecule has 0 fully saturated rings. The number of halogens is 1. The topological polar surface area (TPSA) is 84.0 Å². The molecule has 8 heteroatoms. The molecule has 134 valence electrons. The van der Waals surface area contributed by atoms with Gasteiger partial charge < -0.3 is 10.6 Å². The fraction of sp³-hybridized carbons (Fsp3) is 0.412. The number of carbonyl (C=O) groups is 2. The van der Waals surface area contributed by atoms with Crippen LogP contribution in [-0.2, 0) is 11.2 Å². The molecule has 0 unspecified atom stereocenters. The van der Waals surface area contributed by atoms with Crippen LogP contribution >= 0.6 is 22.9 Å². The van der Waals surface area contributed by atoms with Gasteiger partial charge in [-0.3, -0.25) is 9.59 Å². The summed E-state index contributed by atoms with van der Waals surface area (Å²) in [6.07, 6.45) is 2.64. The Morgan fingerprint density at radius 3 is 2.84 bits per heavy atom. The maximum absolute atomic E-state index is 12.2. The molecule has 1 aromatic carbocycles. The number of aryl methyl sites for hydroxylation is 1. The van der Waals surface area contributed by atoms with Gasteiger partial charge in [0.05, 0.1) is 0 Å². The molecular formula is C17H21ClN4O2S. The minimum Gasteiger partial charge on any atom is -0.354 e. The van der Waals surface area contributed by atoms with Gasteiger partial charge >= 0.3 is 0 Å². The molecule has 0 saturated heterocycles. The van der Waals surface area contributed by atoms with E-state index in [-0.39, 0.29) is 17.9 Å². The van der Waals surface area contributed by atoms with Crippen LogP contribution in [0.2, 0.25) is 5.02 Å². The molecule has 0 aliphatic carbocycles. The second-order valence-electron chi connectivity index (χ2n) is 5.70. The van der Waals surface area contributed by atoms with Crippen molar-refractivity contribution in [3.8, 4) is 0 Å². The van der Waals surface area contributed by atoms with Crippen LogP contribution in [-0.4, -0.2) is 28.1 Å². The van der Waals surface area contributed by atoms with Gasteiger partial charge in [-0.05, 0) is 38.0 Å².